The molecular formula is C17H20FNO2. The molecule has 21 heavy (non-hydrogen) atoms. The normalized spacial score (nSPS) is 12.1. The van der Waals surface area contributed by atoms with Gasteiger partial charge in [0.25, 0.3) is 0 Å². The molecule has 0 bridgehead atoms. The van der Waals surface area contributed by atoms with Crippen LogP contribution in [-0.2, 0) is 6.54 Å². The lowest BCUT2D eigenvalue weighted by Crippen LogP contribution is -2.31. The number of nitrogens with one attached hydrogen (secondary N) is 1. The van der Waals surface area contributed by atoms with Gasteiger partial charge in [0.15, 0.2) is 11.6 Å². The van der Waals surface area contributed by atoms with Crippen LogP contribution in [0.25, 0.3) is 0 Å². The zero-order valence-corrected chi connectivity index (χ0v) is 12.1. The summed E-state index contributed by atoms with van der Waals surface area (Å²) in [4.78, 5) is 0. The van der Waals surface area contributed by atoms with Crippen molar-refractivity contribution in [2.24, 2.45) is 0 Å². The molecular weight excluding hydrogens is 269 g/mol. The number of rotatable bonds is 7. The average molecular weight is 289 g/mol. The van der Waals surface area contributed by atoms with Crippen molar-refractivity contribution in [3.05, 3.63) is 65.5 Å². The highest BCUT2D eigenvalue weighted by atomic mass is 19.1. The van der Waals surface area contributed by atoms with E-state index in [1.807, 2.05) is 25.1 Å². The van der Waals surface area contributed by atoms with Crippen LogP contribution in [0.1, 0.15) is 11.1 Å². The summed E-state index contributed by atoms with van der Waals surface area (Å²) in [6, 6.07) is 14.3. The molecule has 2 aromatic rings. The molecule has 0 heterocycles. The summed E-state index contributed by atoms with van der Waals surface area (Å²) in [5, 5.41) is 13.0. The van der Waals surface area contributed by atoms with Gasteiger partial charge in [-0.25, -0.2) is 4.39 Å². The molecule has 0 amide bonds. The number of ether oxygens (including phenoxy) is 1. The van der Waals surface area contributed by atoms with E-state index in [0.717, 1.165) is 5.56 Å². The number of aliphatic hydroxyl groups is 1. The fourth-order valence-corrected chi connectivity index (χ4v) is 2.01. The summed E-state index contributed by atoms with van der Waals surface area (Å²) >= 11 is 0. The van der Waals surface area contributed by atoms with Gasteiger partial charge in [0.05, 0.1) is 0 Å². The zero-order valence-electron chi connectivity index (χ0n) is 12.1. The molecule has 3 nitrogen and oxygen atoms in total. The molecule has 0 fully saturated rings. The number of benzene rings is 2. The van der Waals surface area contributed by atoms with Crippen LogP contribution in [-0.4, -0.2) is 24.4 Å². The van der Waals surface area contributed by atoms with E-state index < -0.39 is 11.9 Å². The van der Waals surface area contributed by atoms with Gasteiger partial charge in [0, 0.05) is 13.1 Å². The lowest BCUT2D eigenvalue weighted by Gasteiger charge is -2.13. The molecule has 0 aliphatic rings. The first-order chi connectivity index (χ1) is 10.1. The zero-order chi connectivity index (χ0) is 15.1. The van der Waals surface area contributed by atoms with Gasteiger partial charge in [-0.05, 0) is 24.6 Å². The van der Waals surface area contributed by atoms with Gasteiger partial charge in [-0.2, -0.15) is 0 Å². The van der Waals surface area contributed by atoms with E-state index in [2.05, 4.69) is 11.4 Å². The van der Waals surface area contributed by atoms with Crippen molar-refractivity contribution in [2.45, 2.75) is 19.6 Å². The number of hydrogen-bond acceptors (Lipinski definition) is 3. The van der Waals surface area contributed by atoms with Crippen LogP contribution in [0.4, 0.5) is 4.39 Å². The van der Waals surface area contributed by atoms with Crippen LogP contribution in [0.5, 0.6) is 5.75 Å². The Bertz CT molecular complexity index is 574. The van der Waals surface area contributed by atoms with Gasteiger partial charge in [-0.1, -0.05) is 42.0 Å². The molecule has 0 saturated heterocycles. The van der Waals surface area contributed by atoms with Gasteiger partial charge >= 0.3 is 0 Å². The Kier molecular flexibility index (Phi) is 5.72. The fraction of sp³-hybridized carbons (Fsp3) is 0.294. The van der Waals surface area contributed by atoms with Gasteiger partial charge in [-0.15, -0.1) is 0 Å². The van der Waals surface area contributed by atoms with Crippen molar-refractivity contribution >= 4 is 0 Å². The molecule has 1 unspecified atom stereocenters. The minimum absolute atomic E-state index is 0.0573. The van der Waals surface area contributed by atoms with Crippen LogP contribution >= 0.6 is 0 Å². The van der Waals surface area contributed by atoms with Crippen LogP contribution in [0.3, 0.4) is 0 Å². The summed E-state index contributed by atoms with van der Waals surface area (Å²) in [6.07, 6.45) is -0.686. The summed E-state index contributed by atoms with van der Waals surface area (Å²) < 4.78 is 18.6. The molecule has 0 aliphatic heterocycles. The number of hydrogen-bond donors (Lipinski definition) is 2. The second-order valence-corrected chi connectivity index (χ2v) is 5.02. The van der Waals surface area contributed by atoms with E-state index >= 15 is 0 Å². The van der Waals surface area contributed by atoms with Crippen molar-refractivity contribution in [1.82, 2.24) is 5.32 Å². The third-order valence-corrected chi connectivity index (χ3v) is 3.06. The lowest BCUT2D eigenvalue weighted by atomic mass is 10.1. The maximum absolute atomic E-state index is 13.3. The Morgan fingerprint density at radius 2 is 2.00 bits per heavy atom. The molecule has 0 radical (unpaired) electrons. The molecule has 2 rings (SSSR count). The van der Waals surface area contributed by atoms with Gasteiger partial charge in [-0.3, -0.25) is 0 Å². The predicted molar refractivity (Wildman–Crippen MR) is 80.8 cm³/mol. The van der Waals surface area contributed by atoms with E-state index in [-0.39, 0.29) is 12.4 Å². The summed E-state index contributed by atoms with van der Waals surface area (Å²) in [6.45, 7) is 3.17. The number of halogens is 1. The van der Waals surface area contributed by atoms with E-state index in [1.165, 1.54) is 11.6 Å². The highest BCUT2D eigenvalue weighted by molar-refractivity contribution is 5.23. The van der Waals surface area contributed by atoms with Crippen molar-refractivity contribution in [1.29, 1.82) is 0 Å². The van der Waals surface area contributed by atoms with Gasteiger partial charge in [0.1, 0.15) is 12.7 Å². The minimum Gasteiger partial charge on any atom is -0.488 e. The first kappa shape index (κ1) is 15.5. The van der Waals surface area contributed by atoms with Crippen LogP contribution in [0.15, 0.2) is 48.5 Å². The molecule has 0 aromatic heterocycles. The topological polar surface area (TPSA) is 41.5 Å². The molecule has 0 saturated carbocycles. The monoisotopic (exact) mass is 289 g/mol. The molecule has 112 valence electrons. The molecule has 2 aromatic carbocycles. The standard InChI is InChI=1S/C17H20FNO2/c1-13-5-4-6-14(9-13)10-19-11-15(20)12-21-17-8-3-2-7-16(17)18/h2-9,15,19-20H,10-12H2,1H3. The van der Waals surface area contributed by atoms with Crippen LogP contribution < -0.4 is 10.1 Å². The van der Waals surface area contributed by atoms with E-state index in [4.69, 9.17) is 4.74 Å². The smallest absolute Gasteiger partial charge is 0.165 e. The van der Waals surface area contributed by atoms with E-state index in [1.54, 1.807) is 18.2 Å². The quantitative estimate of drug-likeness (QED) is 0.823. The second kappa shape index (κ2) is 7.76. The highest BCUT2D eigenvalue weighted by Crippen LogP contribution is 2.15. The number of aliphatic hydroxyl groups excluding tert-OH is 1. The van der Waals surface area contributed by atoms with Crippen molar-refractivity contribution < 1.29 is 14.2 Å². The highest BCUT2D eigenvalue weighted by Gasteiger charge is 2.07. The van der Waals surface area contributed by atoms with Gasteiger partial charge in [0.2, 0.25) is 0 Å². The number of para-hydroxylation sites is 1. The Hall–Kier alpha value is -1.91. The molecule has 0 aliphatic carbocycles. The van der Waals surface area contributed by atoms with E-state index in [0.29, 0.717) is 13.1 Å². The van der Waals surface area contributed by atoms with E-state index in [9.17, 15) is 9.50 Å². The summed E-state index contributed by atoms with van der Waals surface area (Å²) in [5.41, 5.74) is 2.37. The maximum Gasteiger partial charge on any atom is 0.165 e. The van der Waals surface area contributed by atoms with Crippen molar-refractivity contribution in [3.63, 3.8) is 0 Å². The number of aryl methyl sites for hydroxylation is 1. The van der Waals surface area contributed by atoms with Crippen LogP contribution in [0.2, 0.25) is 0 Å². The van der Waals surface area contributed by atoms with Gasteiger partial charge < -0.3 is 15.2 Å². The Morgan fingerprint density at radius 1 is 1.19 bits per heavy atom. The first-order valence-corrected chi connectivity index (χ1v) is 6.97. The summed E-state index contributed by atoms with van der Waals surface area (Å²) in [7, 11) is 0. The Morgan fingerprint density at radius 3 is 2.76 bits per heavy atom. The Balaban J connectivity index is 1.70. The SMILES string of the molecule is Cc1cccc(CNCC(O)COc2ccccc2F)c1. The molecule has 1 atom stereocenters. The summed E-state index contributed by atoms with van der Waals surface area (Å²) in [5.74, 6) is -0.257. The molecule has 4 heteroatoms. The second-order valence-electron chi connectivity index (χ2n) is 5.02. The van der Waals surface area contributed by atoms with Crippen molar-refractivity contribution in [2.75, 3.05) is 13.2 Å². The minimum atomic E-state index is -0.686. The first-order valence-electron chi connectivity index (χ1n) is 6.97. The Labute approximate surface area is 124 Å². The van der Waals surface area contributed by atoms with Crippen LogP contribution in [0, 0.1) is 12.7 Å². The third-order valence-electron chi connectivity index (χ3n) is 3.06. The maximum atomic E-state index is 13.3. The lowest BCUT2D eigenvalue weighted by molar-refractivity contribution is 0.104. The largest absolute Gasteiger partial charge is 0.488 e. The fourth-order valence-electron chi connectivity index (χ4n) is 2.01. The average Bonchev–Trinajstić information content (AvgIpc) is 2.46. The van der Waals surface area contributed by atoms with Crippen molar-refractivity contribution in [3.8, 4) is 5.75 Å². The third kappa shape index (κ3) is 5.17. The molecule has 0 spiro atoms. The molecule has 2 N–H and O–H groups in total. The predicted octanol–water partition coefficient (Wildman–Crippen LogP) is 2.66.